The van der Waals surface area contributed by atoms with Crippen molar-refractivity contribution in [2.24, 2.45) is 16.8 Å². The molecule has 0 amide bonds. The minimum absolute atomic E-state index is 0.0661. The highest BCUT2D eigenvalue weighted by Gasteiger charge is 2.17. The molecule has 0 saturated heterocycles. The molecule has 5 heteroatoms. The number of halogens is 1. The molecule has 0 unspecified atom stereocenters. The molecule has 0 bridgehead atoms. The normalized spacial score (nSPS) is 13.0. The predicted octanol–water partition coefficient (Wildman–Crippen LogP) is 5.33. The maximum atomic E-state index is 11.2. The monoisotopic (exact) mass is 387 g/mol. The molecule has 0 radical (unpaired) electrons. The average molecular weight is 388 g/mol. The molecule has 4 nitrogen and oxygen atoms in total. The number of carbonyl (C=O) groups is 1. The fourth-order valence-electron chi connectivity index (χ4n) is 3.18. The molecule has 0 spiro atoms. The van der Waals surface area contributed by atoms with Crippen LogP contribution in [0.2, 0.25) is 5.02 Å². The van der Waals surface area contributed by atoms with Crippen LogP contribution in [0, 0.1) is 18.8 Å². The van der Waals surface area contributed by atoms with Gasteiger partial charge in [0.1, 0.15) is 5.75 Å². The third kappa shape index (κ3) is 6.40. The van der Waals surface area contributed by atoms with Crippen molar-refractivity contribution in [3.63, 3.8) is 0 Å². The number of aliphatic imine (C=N–C) groups is 1. The first kappa shape index (κ1) is 21.0. The van der Waals surface area contributed by atoms with Crippen LogP contribution in [0.5, 0.6) is 5.75 Å². The maximum Gasteiger partial charge on any atom is 0.303 e. The lowest BCUT2D eigenvalue weighted by molar-refractivity contribution is -0.138. The number of phenolic OH excluding ortho intramolecular Hbond substituents is 1. The quantitative estimate of drug-likeness (QED) is 0.601. The predicted molar refractivity (Wildman–Crippen MR) is 110 cm³/mol. The molecule has 27 heavy (non-hydrogen) atoms. The molecule has 0 aromatic heterocycles. The second kappa shape index (κ2) is 9.56. The molecule has 2 aromatic rings. The highest BCUT2D eigenvalue weighted by atomic mass is 35.5. The number of rotatable bonds is 8. The van der Waals surface area contributed by atoms with Gasteiger partial charge >= 0.3 is 5.97 Å². The van der Waals surface area contributed by atoms with Crippen LogP contribution in [0.3, 0.4) is 0 Å². The summed E-state index contributed by atoms with van der Waals surface area (Å²) in [7, 11) is 0. The van der Waals surface area contributed by atoms with Gasteiger partial charge in [-0.3, -0.25) is 9.79 Å². The topological polar surface area (TPSA) is 69.9 Å². The fourth-order valence-corrected chi connectivity index (χ4v) is 3.35. The molecule has 0 aliphatic carbocycles. The van der Waals surface area contributed by atoms with E-state index in [1.165, 1.54) is 0 Å². The van der Waals surface area contributed by atoms with Gasteiger partial charge in [0.2, 0.25) is 0 Å². The van der Waals surface area contributed by atoms with E-state index in [0.29, 0.717) is 28.8 Å². The Morgan fingerprint density at radius 1 is 1.19 bits per heavy atom. The molecular formula is C22H26ClNO3. The van der Waals surface area contributed by atoms with E-state index in [0.717, 1.165) is 17.5 Å². The Bertz CT molecular complexity index is 830. The van der Waals surface area contributed by atoms with E-state index in [1.54, 1.807) is 18.2 Å². The van der Waals surface area contributed by atoms with E-state index in [-0.39, 0.29) is 18.1 Å². The standard InChI is InChI=1S/C22H26ClNO3/c1-14(2)9-16(11-21(26)27)13-24-22(17-6-4-5-15(3)10-17)19-12-18(23)7-8-20(19)25/h4-8,10,12,14,16,25H,9,11,13H2,1-3H3,(H,26,27)/t16-/m0/s1. The van der Waals surface area contributed by atoms with Crippen LogP contribution in [-0.2, 0) is 4.79 Å². The SMILES string of the molecule is Cc1cccc(C(=NC[C@H](CC(=O)O)CC(C)C)c2cc(Cl)ccc2O)c1. The molecule has 1 atom stereocenters. The number of aromatic hydroxyl groups is 1. The summed E-state index contributed by atoms with van der Waals surface area (Å²) in [5.74, 6) is -0.410. The van der Waals surface area contributed by atoms with Gasteiger partial charge in [-0.05, 0) is 49.4 Å². The summed E-state index contributed by atoms with van der Waals surface area (Å²) in [5.41, 5.74) is 3.11. The molecule has 0 fully saturated rings. The highest BCUT2D eigenvalue weighted by molar-refractivity contribution is 6.31. The van der Waals surface area contributed by atoms with Crippen molar-refractivity contribution >= 4 is 23.3 Å². The van der Waals surface area contributed by atoms with Crippen LogP contribution in [0.1, 0.15) is 43.4 Å². The molecule has 0 aliphatic rings. The molecule has 0 saturated carbocycles. The Balaban J connectivity index is 2.46. The largest absolute Gasteiger partial charge is 0.507 e. The zero-order valence-corrected chi connectivity index (χ0v) is 16.7. The van der Waals surface area contributed by atoms with Crippen molar-refractivity contribution in [3.05, 3.63) is 64.2 Å². The van der Waals surface area contributed by atoms with Crippen LogP contribution in [0.25, 0.3) is 0 Å². The smallest absolute Gasteiger partial charge is 0.303 e. The van der Waals surface area contributed by atoms with Crippen LogP contribution < -0.4 is 0 Å². The number of phenols is 1. The van der Waals surface area contributed by atoms with E-state index < -0.39 is 5.97 Å². The van der Waals surface area contributed by atoms with Crippen LogP contribution in [0.15, 0.2) is 47.5 Å². The summed E-state index contributed by atoms with van der Waals surface area (Å²) < 4.78 is 0. The lowest BCUT2D eigenvalue weighted by atomic mass is 9.93. The number of carboxylic acid groups (broad SMARTS) is 1. The van der Waals surface area contributed by atoms with Gasteiger partial charge in [0.25, 0.3) is 0 Å². The van der Waals surface area contributed by atoms with Crippen molar-refractivity contribution in [2.45, 2.75) is 33.6 Å². The summed E-state index contributed by atoms with van der Waals surface area (Å²) in [6.45, 7) is 6.51. The molecular weight excluding hydrogens is 362 g/mol. The van der Waals surface area contributed by atoms with E-state index in [1.807, 2.05) is 31.2 Å². The third-order valence-electron chi connectivity index (χ3n) is 4.28. The lowest BCUT2D eigenvalue weighted by Gasteiger charge is -2.17. The van der Waals surface area contributed by atoms with Crippen molar-refractivity contribution in [3.8, 4) is 5.75 Å². The zero-order valence-electron chi connectivity index (χ0n) is 15.9. The first-order valence-corrected chi connectivity index (χ1v) is 9.46. The minimum atomic E-state index is -0.821. The fraction of sp³-hybridized carbons (Fsp3) is 0.364. The number of carboxylic acids is 1. The first-order valence-electron chi connectivity index (χ1n) is 9.08. The van der Waals surface area contributed by atoms with E-state index in [4.69, 9.17) is 16.6 Å². The summed E-state index contributed by atoms with van der Waals surface area (Å²) in [6, 6.07) is 12.7. The zero-order chi connectivity index (χ0) is 20.0. The molecule has 0 aliphatic heterocycles. The average Bonchev–Trinajstić information content (AvgIpc) is 2.57. The number of benzene rings is 2. The third-order valence-corrected chi connectivity index (χ3v) is 4.52. The van der Waals surface area contributed by atoms with Gasteiger partial charge in [-0.1, -0.05) is 49.2 Å². The second-order valence-electron chi connectivity index (χ2n) is 7.31. The first-order chi connectivity index (χ1) is 12.8. The number of hydrogen-bond donors (Lipinski definition) is 2. The van der Waals surface area contributed by atoms with Gasteiger partial charge in [0.15, 0.2) is 0 Å². The Morgan fingerprint density at radius 2 is 1.93 bits per heavy atom. The molecule has 2 N–H and O–H groups in total. The van der Waals surface area contributed by atoms with Crippen molar-refractivity contribution < 1.29 is 15.0 Å². The van der Waals surface area contributed by atoms with Gasteiger partial charge < -0.3 is 10.2 Å². The summed E-state index contributed by atoms with van der Waals surface area (Å²) in [5, 5.41) is 20.1. The molecule has 144 valence electrons. The molecule has 0 heterocycles. The van der Waals surface area contributed by atoms with Crippen molar-refractivity contribution in [2.75, 3.05) is 6.54 Å². The minimum Gasteiger partial charge on any atom is -0.507 e. The van der Waals surface area contributed by atoms with Gasteiger partial charge in [-0.2, -0.15) is 0 Å². The number of nitrogens with zero attached hydrogens (tertiary/aromatic N) is 1. The number of hydrogen-bond acceptors (Lipinski definition) is 3. The summed E-state index contributed by atoms with van der Waals surface area (Å²) >= 11 is 6.14. The van der Waals surface area contributed by atoms with E-state index in [2.05, 4.69) is 13.8 Å². The van der Waals surface area contributed by atoms with Crippen molar-refractivity contribution in [1.29, 1.82) is 0 Å². The number of aryl methyl sites for hydroxylation is 1. The van der Waals surface area contributed by atoms with Crippen LogP contribution in [0.4, 0.5) is 0 Å². The van der Waals surface area contributed by atoms with E-state index >= 15 is 0 Å². The lowest BCUT2D eigenvalue weighted by Crippen LogP contribution is -2.15. The Labute approximate surface area is 165 Å². The molecule has 2 rings (SSSR count). The van der Waals surface area contributed by atoms with Crippen LogP contribution in [-0.4, -0.2) is 28.4 Å². The maximum absolute atomic E-state index is 11.2. The van der Waals surface area contributed by atoms with E-state index in [9.17, 15) is 15.0 Å². The Hall–Kier alpha value is -2.33. The Morgan fingerprint density at radius 3 is 2.56 bits per heavy atom. The number of aliphatic carboxylic acids is 1. The second-order valence-corrected chi connectivity index (χ2v) is 7.75. The summed E-state index contributed by atoms with van der Waals surface area (Å²) in [6.07, 6.45) is 0.850. The Kier molecular flexibility index (Phi) is 7.43. The summed E-state index contributed by atoms with van der Waals surface area (Å²) in [4.78, 5) is 16.0. The van der Waals surface area contributed by atoms with Crippen molar-refractivity contribution in [1.82, 2.24) is 0 Å². The van der Waals surface area contributed by atoms with Gasteiger partial charge in [0, 0.05) is 29.1 Å². The van der Waals surface area contributed by atoms with Crippen LogP contribution >= 0.6 is 11.6 Å². The van der Waals surface area contributed by atoms with Gasteiger partial charge in [0.05, 0.1) is 5.71 Å². The highest BCUT2D eigenvalue weighted by Crippen LogP contribution is 2.26. The molecule has 2 aromatic carbocycles. The van der Waals surface area contributed by atoms with Gasteiger partial charge in [-0.15, -0.1) is 0 Å². The van der Waals surface area contributed by atoms with Gasteiger partial charge in [-0.25, -0.2) is 0 Å².